The van der Waals surface area contributed by atoms with Gasteiger partial charge in [0.25, 0.3) is 10.0 Å². The number of aromatic nitrogens is 2. The number of rotatable bonds is 2. The van der Waals surface area contributed by atoms with Gasteiger partial charge >= 0.3 is 0 Å². The fraction of sp³-hybridized carbons (Fsp3) is 0.133. The molecule has 3 aromatic rings. The lowest BCUT2D eigenvalue weighted by molar-refractivity contribution is 0.587. The maximum absolute atomic E-state index is 13.4. The number of benzene rings is 2. The lowest BCUT2D eigenvalue weighted by Crippen LogP contribution is -2.14. The zero-order valence-electron chi connectivity index (χ0n) is 11.5. The highest BCUT2D eigenvalue weighted by atomic mass is 32.2. The van der Waals surface area contributed by atoms with Gasteiger partial charge in [0, 0.05) is 6.07 Å². The van der Waals surface area contributed by atoms with E-state index in [1.165, 1.54) is 30.3 Å². The van der Waals surface area contributed by atoms with Crippen molar-refractivity contribution in [3.63, 3.8) is 0 Å². The van der Waals surface area contributed by atoms with Crippen molar-refractivity contribution in [3.05, 3.63) is 59.7 Å². The third-order valence-electron chi connectivity index (χ3n) is 3.29. The summed E-state index contributed by atoms with van der Waals surface area (Å²) >= 11 is 0. The Morgan fingerprint density at radius 2 is 1.71 bits per heavy atom. The summed E-state index contributed by atoms with van der Waals surface area (Å²) in [5.74, 6) is -0.195. The molecule has 0 saturated carbocycles. The van der Waals surface area contributed by atoms with Crippen molar-refractivity contribution in [2.45, 2.75) is 18.7 Å². The summed E-state index contributed by atoms with van der Waals surface area (Å²) < 4.78 is 40.0. The van der Waals surface area contributed by atoms with Gasteiger partial charge in [-0.3, -0.25) is 0 Å². The van der Waals surface area contributed by atoms with E-state index in [1.807, 2.05) is 6.92 Å². The summed E-state index contributed by atoms with van der Waals surface area (Å²) in [6.07, 6.45) is 0. The second-order valence-electron chi connectivity index (χ2n) is 4.87. The standard InChI is InChI=1S/C15H13FN2O2S/c1-10-3-6-13(7-4-10)21(19,20)18-11(2)17-14-8-5-12(16)9-15(14)18/h3-9H,1-2H3. The first-order valence-electron chi connectivity index (χ1n) is 6.36. The average Bonchev–Trinajstić information content (AvgIpc) is 2.75. The minimum atomic E-state index is -3.80. The molecule has 21 heavy (non-hydrogen) atoms. The summed E-state index contributed by atoms with van der Waals surface area (Å²) in [5, 5.41) is 0. The first-order valence-corrected chi connectivity index (χ1v) is 7.80. The van der Waals surface area contributed by atoms with Crippen molar-refractivity contribution in [2.75, 3.05) is 0 Å². The van der Waals surface area contributed by atoms with Crippen LogP contribution in [-0.2, 0) is 10.0 Å². The number of imidazole rings is 1. The van der Waals surface area contributed by atoms with E-state index < -0.39 is 15.8 Å². The monoisotopic (exact) mass is 304 g/mol. The Morgan fingerprint density at radius 1 is 1.05 bits per heavy atom. The third kappa shape index (κ3) is 2.21. The van der Waals surface area contributed by atoms with E-state index >= 15 is 0 Å². The number of aryl methyl sites for hydroxylation is 2. The van der Waals surface area contributed by atoms with Gasteiger partial charge < -0.3 is 0 Å². The summed E-state index contributed by atoms with van der Waals surface area (Å²) in [4.78, 5) is 4.33. The van der Waals surface area contributed by atoms with Crippen LogP contribution in [0.5, 0.6) is 0 Å². The third-order valence-corrected chi connectivity index (χ3v) is 5.10. The summed E-state index contributed by atoms with van der Waals surface area (Å²) in [7, 11) is -3.80. The van der Waals surface area contributed by atoms with Gasteiger partial charge in [-0.05, 0) is 38.1 Å². The number of hydrogen-bond donors (Lipinski definition) is 0. The molecule has 0 radical (unpaired) electrons. The summed E-state index contributed by atoms with van der Waals surface area (Å²) in [6.45, 7) is 3.47. The van der Waals surface area contributed by atoms with Crippen LogP contribution in [0, 0.1) is 19.7 Å². The van der Waals surface area contributed by atoms with E-state index in [4.69, 9.17) is 0 Å². The molecule has 0 aliphatic carbocycles. The minimum absolute atomic E-state index is 0.153. The Balaban J connectivity index is 2.30. The van der Waals surface area contributed by atoms with Crippen LogP contribution in [0.15, 0.2) is 47.4 Å². The molecular formula is C15H13FN2O2S. The molecule has 2 aromatic carbocycles. The van der Waals surface area contributed by atoms with Gasteiger partial charge in [0.1, 0.15) is 11.6 Å². The van der Waals surface area contributed by atoms with Gasteiger partial charge in [-0.25, -0.2) is 21.8 Å². The second kappa shape index (κ2) is 4.66. The topological polar surface area (TPSA) is 52.0 Å². The molecule has 0 bridgehead atoms. The van der Waals surface area contributed by atoms with Gasteiger partial charge in [-0.1, -0.05) is 17.7 Å². The van der Waals surface area contributed by atoms with Gasteiger partial charge in [0.15, 0.2) is 0 Å². The molecule has 0 amide bonds. The van der Waals surface area contributed by atoms with Crippen LogP contribution in [-0.4, -0.2) is 17.4 Å². The summed E-state index contributed by atoms with van der Waals surface area (Å²) in [6, 6.07) is 10.4. The molecule has 0 unspecified atom stereocenters. The van der Waals surface area contributed by atoms with Crippen molar-refractivity contribution in [3.8, 4) is 0 Å². The van der Waals surface area contributed by atoms with E-state index in [0.29, 0.717) is 11.3 Å². The van der Waals surface area contributed by atoms with E-state index in [1.54, 1.807) is 19.1 Å². The molecule has 0 aliphatic rings. The Bertz CT molecular complexity index is 928. The Hall–Kier alpha value is -2.21. The van der Waals surface area contributed by atoms with Gasteiger partial charge in [0.2, 0.25) is 0 Å². The number of halogens is 1. The molecule has 1 heterocycles. The molecule has 0 fully saturated rings. The van der Waals surface area contributed by atoms with Gasteiger partial charge in [0.05, 0.1) is 15.9 Å². The van der Waals surface area contributed by atoms with Crippen molar-refractivity contribution >= 4 is 21.1 Å². The Morgan fingerprint density at radius 3 is 2.38 bits per heavy atom. The van der Waals surface area contributed by atoms with Crippen molar-refractivity contribution < 1.29 is 12.8 Å². The van der Waals surface area contributed by atoms with Crippen LogP contribution in [0.25, 0.3) is 11.0 Å². The van der Waals surface area contributed by atoms with Crippen LogP contribution in [0.4, 0.5) is 4.39 Å². The molecule has 6 heteroatoms. The number of hydrogen-bond acceptors (Lipinski definition) is 3. The fourth-order valence-electron chi connectivity index (χ4n) is 2.27. The maximum atomic E-state index is 13.4. The van der Waals surface area contributed by atoms with Crippen molar-refractivity contribution in [1.82, 2.24) is 8.96 Å². The molecule has 0 N–H and O–H groups in total. The quantitative estimate of drug-likeness (QED) is 0.731. The highest BCUT2D eigenvalue weighted by Crippen LogP contribution is 2.23. The van der Waals surface area contributed by atoms with Crippen LogP contribution >= 0.6 is 0 Å². The van der Waals surface area contributed by atoms with E-state index in [-0.39, 0.29) is 10.4 Å². The molecule has 0 spiro atoms. The van der Waals surface area contributed by atoms with Crippen LogP contribution in [0.1, 0.15) is 11.4 Å². The molecule has 4 nitrogen and oxygen atoms in total. The Labute approximate surface area is 121 Å². The molecule has 0 atom stereocenters. The fourth-order valence-corrected chi connectivity index (χ4v) is 3.75. The first kappa shape index (κ1) is 13.8. The molecule has 0 saturated heterocycles. The number of nitrogens with zero attached hydrogens (tertiary/aromatic N) is 2. The number of fused-ring (bicyclic) bond motifs is 1. The van der Waals surface area contributed by atoms with Crippen LogP contribution < -0.4 is 0 Å². The lowest BCUT2D eigenvalue weighted by atomic mass is 10.2. The molecule has 3 rings (SSSR count). The van der Waals surface area contributed by atoms with Crippen LogP contribution in [0.2, 0.25) is 0 Å². The average molecular weight is 304 g/mol. The molecular weight excluding hydrogens is 291 g/mol. The second-order valence-corrected chi connectivity index (χ2v) is 6.66. The van der Waals surface area contributed by atoms with Crippen molar-refractivity contribution in [2.24, 2.45) is 0 Å². The highest BCUT2D eigenvalue weighted by molar-refractivity contribution is 7.90. The predicted molar refractivity (Wildman–Crippen MR) is 78.2 cm³/mol. The van der Waals surface area contributed by atoms with Gasteiger partial charge in [-0.15, -0.1) is 0 Å². The zero-order chi connectivity index (χ0) is 15.2. The van der Waals surface area contributed by atoms with Crippen molar-refractivity contribution in [1.29, 1.82) is 0 Å². The predicted octanol–water partition coefficient (Wildman–Crippen LogP) is 3.03. The smallest absolute Gasteiger partial charge is 0.232 e. The van der Waals surface area contributed by atoms with E-state index in [2.05, 4.69) is 4.98 Å². The van der Waals surface area contributed by atoms with Crippen LogP contribution in [0.3, 0.4) is 0 Å². The lowest BCUT2D eigenvalue weighted by Gasteiger charge is -2.09. The Kier molecular flexibility index (Phi) is 3.06. The first-order chi connectivity index (χ1) is 9.89. The largest absolute Gasteiger partial charge is 0.269 e. The van der Waals surface area contributed by atoms with Gasteiger partial charge in [-0.2, -0.15) is 0 Å². The normalized spacial score (nSPS) is 12.0. The minimum Gasteiger partial charge on any atom is -0.232 e. The summed E-state index contributed by atoms with van der Waals surface area (Å²) in [5.41, 5.74) is 1.66. The zero-order valence-corrected chi connectivity index (χ0v) is 12.4. The molecule has 0 aliphatic heterocycles. The molecule has 1 aromatic heterocycles. The highest BCUT2D eigenvalue weighted by Gasteiger charge is 2.22. The SMILES string of the molecule is Cc1ccc(S(=O)(=O)n2c(C)nc3ccc(F)cc32)cc1. The molecule has 108 valence electrons. The van der Waals surface area contributed by atoms with E-state index in [9.17, 15) is 12.8 Å². The maximum Gasteiger partial charge on any atom is 0.269 e. The van der Waals surface area contributed by atoms with E-state index in [0.717, 1.165) is 9.54 Å².